The molecule has 0 aromatic heterocycles. The third-order valence-corrected chi connectivity index (χ3v) is 10.7. The lowest BCUT2D eigenvalue weighted by Gasteiger charge is -2.29. The van der Waals surface area contributed by atoms with Gasteiger partial charge in [-0.05, 0) is 70.6 Å². The quantitative estimate of drug-likeness (QED) is 0.0277. The zero-order valence-corrected chi connectivity index (χ0v) is 37.3. The zero-order valence-electron chi connectivity index (χ0n) is 36.4. The van der Waals surface area contributed by atoms with Crippen LogP contribution in [0.1, 0.15) is 187 Å². The number of rotatable bonds is 40. The molecule has 3 unspecified atom stereocenters. The molecule has 3 atom stereocenters. The van der Waals surface area contributed by atoms with Crippen LogP contribution in [-0.2, 0) is 18.4 Å². The van der Waals surface area contributed by atoms with Crippen LogP contribution in [0.4, 0.5) is 0 Å². The number of likely N-dealkylation sites (N-methyl/N-ethyl adjacent to an activating group) is 1. The van der Waals surface area contributed by atoms with Crippen LogP contribution in [0.3, 0.4) is 0 Å². The number of hydrogen-bond acceptors (Lipinski definition) is 6. The van der Waals surface area contributed by atoms with Gasteiger partial charge >= 0.3 is 0 Å². The number of amides is 1. The summed E-state index contributed by atoms with van der Waals surface area (Å²) < 4.78 is 23.2. The van der Waals surface area contributed by atoms with Crippen molar-refractivity contribution in [3.05, 3.63) is 48.6 Å². The van der Waals surface area contributed by atoms with E-state index in [-0.39, 0.29) is 12.5 Å². The highest BCUT2D eigenvalue weighted by molar-refractivity contribution is 7.45. The van der Waals surface area contributed by atoms with Crippen molar-refractivity contribution < 1.29 is 32.9 Å². The van der Waals surface area contributed by atoms with Crippen LogP contribution in [0.5, 0.6) is 0 Å². The Labute approximate surface area is 339 Å². The molecule has 0 aromatic rings. The highest BCUT2D eigenvalue weighted by Gasteiger charge is 2.23. The molecule has 0 aliphatic heterocycles. The summed E-state index contributed by atoms with van der Waals surface area (Å²) in [5, 5.41) is 13.7. The molecule has 0 aliphatic rings. The highest BCUT2D eigenvalue weighted by atomic mass is 31.2. The molecule has 0 heterocycles. The van der Waals surface area contributed by atoms with E-state index in [9.17, 15) is 19.4 Å². The van der Waals surface area contributed by atoms with Crippen LogP contribution in [0.2, 0.25) is 0 Å². The first-order valence-corrected chi connectivity index (χ1v) is 24.0. The number of hydrogen-bond donors (Lipinski definition) is 2. The number of phosphoric acid groups is 1. The Hall–Kier alpha value is -1.54. The Morgan fingerprint density at radius 1 is 0.618 bits per heavy atom. The van der Waals surface area contributed by atoms with E-state index in [0.717, 1.165) is 51.4 Å². The summed E-state index contributed by atoms with van der Waals surface area (Å²) in [6, 6.07) is -0.910. The fourth-order valence-electron chi connectivity index (χ4n) is 6.12. The predicted molar refractivity (Wildman–Crippen MR) is 233 cm³/mol. The lowest BCUT2D eigenvalue weighted by Crippen LogP contribution is -2.45. The zero-order chi connectivity index (χ0) is 40.7. The van der Waals surface area contributed by atoms with Gasteiger partial charge in [-0.1, -0.05) is 159 Å². The minimum absolute atomic E-state index is 0.0109. The first kappa shape index (κ1) is 53.5. The molecule has 0 aliphatic carbocycles. The van der Waals surface area contributed by atoms with E-state index in [4.69, 9.17) is 9.05 Å². The van der Waals surface area contributed by atoms with Crippen LogP contribution in [0.15, 0.2) is 48.6 Å². The van der Waals surface area contributed by atoms with Gasteiger partial charge in [-0.2, -0.15) is 0 Å². The Morgan fingerprint density at radius 3 is 1.49 bits per heavy atom. The maximum atomic E-state index is 12.8. The van der Waals surface area contributed by atoms with Crippen LogP contribution >= 0.6 is 7.82 Å². The van der Waals surface area contributed by atoms with Gasteiger partial charge in [0.1, 0.15) is 13.2 Å². The number of nitrogens with one attached hydrogen (secondary N) is 1. The second-order valence-electron chi connectivity index (χ2n) is 16.4. The van der Waals surface area contributed by atoms with E-state index in [2.05, 4.69) is 55.6 Å². The molecule has 0 fully saturated rings. The molecular formula is C46H87N2O6P. The third kappa shape index (κ3) is 40.5. The Balaban J connectivity index is 4.46. The van der Waals surface area contributed by atoms with Gasteiger partial charge in [0.15, 0.2) is 0 Å². The molecule has 55 heavy (non-hydrogen) atoms. The van der Waals surface area contributed by atoms with Gasteiger partial charge in [0.25, 0.3) is 7.82 Å². The van der Waals surface area contributed by atoms with E-state index in [1.807, 2.05) is 27.2 Å². The van der Waals surface area contributed by atoms with E-state index in [0.29, 0.717) is 17.4 Å². The van der Waals surface area contributed by atoms with Crippen molar-refractivity contribution >= 4 is 13.7 Å². The predicted octanol–water partition coefficient (Wildman–Crippen LogP) is 11.8. The molecule has 1 amide bonds. The summed E-state index contributed by atoms with van der Waals surface area (Å²) in [4.78, 5) is 25.3. The van der Waals surface area contributed by atoms with E-state index in [1.165, 1.54) is 116 Å². The minimum Gasteiger partial charge on any atom is -0.756 e. The summed E-state index contributed by atoms with van der Waals surface area (Å²) >= 11 is 0. The Morgan fingerprint density at radius 2 is 1.02 bits per heavy atom. The maximum Gasteiger partial charge on any atom is 0.268 e. The van der Waals surface area contributed by atoms with Crippen LogP contribution in [0.25, 0.3) is 0 Å². The summed E-state index contributed by atoms with van der Waals surface area (Å²) in [5.74, 6) is -0.218. The normalized spacial score (nSPS) is 14.8. The monoisotopic (exact) mass is 795 g/mol. The summed E-state index contributed by atoms with van der Waals surface area (Å²) in [7, 11) is 1.23. The number of aliphatic hydroxyl groups is 1. The highest BCUT2D eigenvalue weighted by Crippen LogP contribution is 2.38. The summed E-state index contributed by atoms with van der Waals surface area (Å²) in [6.45, 7) is 4.58. The molecule has 0 aromatic carbocycles. The molecule has 0 saturated heterocycles. The standard InChI is InChI=1S/C46H87N2O6P/c1-6-8-10-12-14-16-18-20-22-23-24-25-26-28-30-32-34-36-38-40-46(50)47-44(43-54-55(51,52)53-42-41-48(3,4)5)45(49)39-37-35-33-31-29-27-21-19-17-15-13-11-9-7-2/h17,19,23-24,29,31,37,39,44-45,49H,6-16,18,20-22,25-28,30,32-36,38,40-43H2,1-5H3,(H-,47,50,51,52)/b19-17+,24-23-,31-29+,39-37+. The molecule has 9 heteroatoms. The fraction of sp³-hybridized carbons (Fsp3) is 0.804. The van der Waals surface area contributed by atoms with Crippen LogP contribution in [-0.4, -0.2) is 68.5 Å². The number of quaternary nitrogens is 1. The van der Waals surface area contributed by atoms with Gasteiger partial charge in [-0.15, -0.1) is 0 Å². The molecule has 322 valence electrons. The topological polar surface area (TPSA) is 108 Å². The summed E-state index contributed by atoms with van der Waals surface area (Å²) in [6.07, 6.45) is 47.3. The van der Waals surface area contributed by atoms with Crippen LogP contribution < -0.4 is 10.2 Å². The molecule has 0 rings (SSSR count). The fourth-order valence-corrected chi connectivity index (χ4v) is 6.84. The Kier molecular flexibility index (Phi) is 36.9. The van der Waals surface area contributed by atoms with Crippen molar-refractivity contribution in [1.29, 1.82) is 0 Å². The van der Waals surface area contributed by atoms with Gasteiger partial charge < -0.3 is 28.8 Å². The molecule has 0 bridgehead atoms. The average molecular weight is 795 g/mol. The molecule has 0 radical (unpaired) electrons. The SMILES string of the molecule is CCCCCC/C=C/CC/C=C/CC/C=C/C(O)C(COP(=O)([O-])OCC[N+](C)(C)C)NC(=O)CCCCCCCCC/C=C\CCCCCCCCCC. The number of unbranched alkanes of at least 4 members (excludes halogenated alkanes) is 21. The van der Waals surface area contributed by atoms with Crippen molar-refractivity contribution in [2.24, 2.45) is 0 Å². The summed E-state index contributed by atoms with van der Waals surface area (Å²) in [5.41, 5.74) is 0. The molecule has 8 nitrogen and oxygen atoms in total. The number of allylic oxidation sites excluding steroid dienone is 7. The van der Waals surface area contributed by atoms with Crippen molar-refractivity contribution in [3.8, 4) is 0 Å². The van der Waals surface area contributed by atoms with Crippen molar-refractivity contribution in [3.63, 3.8) is 0 Å². The van der Waals surface area contributed by atoms with E-state index in [1.54, 1.807) is 6.08 Å². The number of carbonyl (C=O) groups is 1. The number of aliphatic hydroxyl groups excluding tert-OH is 1. The lowest BCUT2D eigenvalue weighted by atomic mass is 10.1. The van der Waals surface area contributed by atoms with Crippen LogP contribution in [0, 0.1) is 0 Å². The first-order valence-electron chi connectivity index (χ1n) is 22.5. The van der Waals surface area contributed by atoms with Gasteiger partial charge in [0.05, 0.1) is 39.9 Å². The number of carbonyl (C=O) groups excluding carboxylic acids is 1. The van der Waals surface area contributed by atoms with E-state index < -0.39 is 26.6 Å². The van der Waals surface area contributed by atoms with Gasteiger partial charge in [0, 0.05) is 6.42 Å². The van der Waals surface area contributed by atoms with Crippen molar-refractivity contribution in [2.75, 3.05) is 40.9 Å². The van der Waals surface area contributed by atoms with Crippen molar-refractivity contribution in [1.82, 2.24) is 5.32 Å². The van der Waals surface area contributed by atoms with Gasteiger partial charge in [-0.3, -0.25) is 9.36 Å². The number of phosphoric ester groups is 1. The molecule has 0 spiro atoms. The molecular weight excluding hydrogens is 707 g/mol. The first-order chi connectivity index (χ1) is 26.5. The lowest BCUT2D eigenvalue weighted by molar-refractivity contribution is -0.870. The number of nitrogens with zero attached hydrogens (tertiary/aromatic N) is 1. The second-order valence-corrected chi connectivity index (χ2v) is 17.8. The maximum absolute atomic E-state index is 12.8. The van der Waals surface area contributed by atoms with E-state index >= 15 is 0 Å². The Bertz CT molecular complexity index is 1040. The largest absolute Gasteiger partial charge is 0.756 e. The molecule has 0 saturated carbocycles. The van der Waals surface area contributed by atoms with Crippen molar-refractivity contribution in [2.45, 2.75) is 199 Å². The molecule has 2 N–H and O–H groups in total. The second kappa shape index (κ2) is 38.0. The minimum atomic E-state index is -4.60. The third-order valence-electron chi connectivity index (χ3n) is 9.74. The average Bonchev–Trinajstić information content (AvgIpc) is 3.13. The smallest absolute Gasteiger partial charge is 0.268 e. The van der Waals surface area contributed by atoms with Gasteiger partial charge in [-0.25, -0.2) is 0 Å². The van der Waals surface area contributed by atoms with Gasteiger partial charge in [0.2, 0.25) is 5.91 Å².